The van der Waals surface area contributed by atoms with Crippen LogP contribution >= 0.6 is 11.6 Å². The zero-order valence-electron chi connectivity index (χ0n) is 8.46. The van der Waals surface area contributed by atoms with Crippen molar-refractivity contribution in [3.8, 4) is 5.75 Å². The first-order valence-corrected chi connectivity index (χ1v) is 5.42. The van der Waals surface area contributed by atoms with Crippen LogP contribution < -0.4 is 10.1 Å². The minimum Gasteiger partial charge on any atom is -0.423 e. The summed E-state index contributed by atoms with van der Waals surface area (Å²) in [4.78, 5) is 22.3. The summed E-state index contributed by atoms with van der Waals surface area (Å²) in [7, 11) is 0. The normalized spacial score (nSPS) is 13.9. The number of nitrogens with one attached hydrogen (secondary N) is 1. The topological polar surface area (TPSA) is 55.4 Å². The number of amides is 1. The van der Waals surface area contributed by atoms with Crippen molar-refractivity contribution >= 4 is 29.2 Å². The number of aryl methyl sites for hydroxylation is 1. The molecule has 0 saturated carbocycles. The second-order valence-electron chi connectivity index (χ2n) is 3.45. The van der Waals surface area contributed by atoms with Gasteiger partial charge in [-0.3, -0.25) is 9.59 Å². The maximum Gasteiger partial charge on any atom is 0.326 e. The summed E-state index contributed by atoms with van der Waals surface area (Å²) < 4.78 is 5.02. The van der Waals surface area contributed by atoms with Crippen molar-refractivity contribution in [2.24, 2.45) is 0 Å². The summed E-state index contributed by atoms with van der Waals surface area (Å²) in [5.74, 6) is -0.453. The SMILES string of the molecule is O=C1CCc2cccc(OC(=O)CCl)c2N1. The number of hydrogen-bond donors (Lipinski definition) is 1. The Labute approximate surface area is 97.5 Å². The Kier molecular flexibility index (Phi) is 3.10. The number of ether oxygens (including phenoxy) is 1. The Morgan fingerprint density at radius 3 is 3.00 bits per heavy atom. The molecule has 0 atom stereocenters. The zero-order valence-corrected chi connectivity index (χ0v) is 9.21. The van der Waals surface area contributed by atoms with E-state index in [9.17, 15) is 9.59 Å². The van der Waals surface area contributed by atoms with Gasteiger partial charge in [-0.05, 0) is 18.1 Å². The molecule has 84 valence electrons. The molecule has 1 aliphatic heterocycles. The van der Waals surface area contributed by atoms with Crippen molar-refractivity contribution in [3.63, 3.8) is 0 Å². The monoisotopic (exact) mass is 239 g/mol. The quantitative estimate of drug-likeness (QED) is 0.486. The number of alkyl halides is 1. The Bertz CT molecular complexity index is 445. The molecule has 4 nitrogen and oxygen atoms in total. The van der Waals surface area contributed by atoms with Crippen LogP contribution in [-0.4, -0.2) is 17.8 Å². The van der Waals surface area contributed by atoms with Gasteiger partial charge in [0, 0.05) is 6.42 Å². The first-order chi connectivity index (χ1) is 7.70. The Hall–Kier alpha value is -1.55. The highest BCUT2D eigenvalue weighted by Crippen LogP contribution is 2.32. The fourth-order valence-corrected chi connectivity index (χ4v) is 1.67. The van der Waals surface area contributed by atoms with E-state index >= 15 is 0 Å². The number of fused-ring (bicyclic) bond motifs is 1. The van der Waals surface area contributed by atoms with Crippen LogP contribution in [0.25, 0.3) is 0 Å². The number of halogens is 1. The van der Waals surface area contributed by atoms with Crippen molar-refractivity contribution in [1.82, 2.24) is 0 Å². The predicted octanol–water partition coefficient (Wildman–Crippen LogP) is 1.72. The van der Waals surface area contributed by atoms with E-state index in [0.29, 0.717) is 24.3 Å². The number of anilines is 1. The van der Waals surface area contributed by atoms with E-state index in [2.05, 4.69) is 5.32 Å². The van der Waals surface area contributed by atoms with Crippen molar-refractivity contribution in [2.45, 2.75) is 12.8 Å². The molecular weight excluding hydrogens is 230 g/mol. The number of rotatable bonds is 2. The molecule has 5 heteroatoms. The van der Waals surface area contributed by atoms with E-state index in [0.717, 1.165) is 5.56 Å². The molecule has 16 heavy (non-hydrogen) atoms. The minimum absolute atomic E-state index is 0.0677. The molecule has 0 aromatic heterocycles. The van der Waals surface area contributed by atoms with E-state index < -0.39 is 5.97 Å². The molecule has 1 aliphatic rings. The molecule has 0 saturated heterocycles. The van der Waals surface area contributed by atoms with Gasteiger partial charge < -0.3 is 10.1 Å². The third-order valence-corrected chi connectivity index (χ3v) is 2.55. The van der Waals surface area contributed by atoms with E-state index in [4.69, 9.17) is 16.3 Å². The van der Waals surface area contributed by atoms with E-state index in [1.54, 1.807) is 12.1 Å². The molecule has 0 aliphatic carbocycles. The molecule has 0 fully saturated rings. The molecule has 1 aromatic rings. The average molecular weight is 240 g/mol. The predicted molar refractivity (Wildman–Crippen MR) is 59.7 cm³/mol. The van der Waals surface area contributed by atoms with Gasteiger partial charge >= 0.3 is 5.97 Å². The van der Waals surface area contributed by atoms with Crippen LogP contribution in [-0.2, 0) is 16.0 Å². The van der Waals surface area contributed by atoms with E-state index in [1.165, 1.54) is 0 Å². The van der Waals surface area contributed by atoms with E-state index in [-0.39, 0.29) is 11.8 Å². The molecular formula is C11H10ClNO3. The molecule has 1 N–H and O–H groups in total. The van der Waals surface area contributed by atoms with Gasteiger partial charge in [0.15, 0.2) is 5.75 Å². The summed E-state index contributed by atoms with van der Waals surface area (Å²) >= 11 is 5.35. The molecule has 2 rings (SSSR count). The second-order valence-corrected chi connectivity index (χ2v) is 3.71. The Morgan fingerprint density at radius 2 is 2.25 bits per heavy atom. The van der Waals surface area contributed by atoms with Crippen LogP contribution in [0.1, 0.15) is 12.0 Å². The van der Waals surface area contributed by atoms with Crippen LogP contribution in [0.5, 0.6) is 5.75 Å². The zero-order chi connectivity index (χ0) is 11.5. The fourth-order valence-electron chi connectivity index (χ4n) is 1.61. The molecule has 0 spiro atoms. The molecule has 0 radical (unpaired) electrons. The lowest BCUT2D eigenvalue weighted by molar-refractivity contribution is -0.131. The lowest BCUT2D eigenvalue weighted by Crippen LogP contribution is -2.20. The van der Waals surface area contributed by atoms with Gasteiger partial charge in [-0.15, -0.1) is 11.6 Å². The third-order valence-electron chi connectivity index (χ3n) is 2.33. The summed E-state index contributed by atoms with van der Waals surface area (Å²) in [6.45, 7) is 0. The number of hydrogen-bond acceptors (Lipinski definition) is 3. The van der Waals surface area contributed by atoms with Gasteiger partial charge in [0.25, 0.3) is 0 Å². The van der Waals surface area contributed by atoms with Gasteiger partial charge in [0.05, 0.1) is 5.69 Å². The fraction of sp³-hybridized carbons (Fsp3) is 0.273. The smallest absolute Gasteiger partial charge is 0.326 e. The summed E-state index contributed by atoms with van der Waals surface area (Å²) in [5.41, 5.74) is 1.55. The number of carbonyl (C=O) groups excluding carboxylic acids is 2. The highest BCUT2D eigenvalue weighted by Gasteiger charge is 2.19. The number of carbonyl (C=O) groups is 2. The maximum absolute atomic E-state index is 11.3. The molecule has 0 bridgehead atoms. The Balaban J connectivity index is 2.32. The maximum atomic E-state index is 11.3. The number of esters is 1. The molecule has 1 aromatic carbocycles. The van der Waals surface area contributed by atoms with Crippen LogP contribution in [0.4, 0.5) is 5.69 Å². The summed E-state index contributed by atoms with van der Waals surface area (Å²) in [6.07, 6.45) is 1.12. The van der Waals surface area contributed by atoms with Gasteiger partial charge in [0.1, 0.15) is 5.88 Å². The lowest BCUT2D eigenvalue weighted by Gasteiger charge is -2.19. The minimum atomic E-state index is -0.533. The van der Waals surface area contributed by atoms with Gasteiger partial charge in [0.2, 0.25) is 5.91 Å². The van der Waals surface area contributed by atoms with Crippen molar-refractivity contribution in [2.75, 3.05) is 11.2 Å². The van der Waals surface area contributed by atoms with Gasteiger partial charge in [-0.25, -0.2) is 0 Å². The molecule has 1 amide bonds. The second kappa shape index (κ2) is 4.53. The summed E-state index contributed by atoms with van der Waals surface area (Å²) in [5, 5.41) is 2.70. The van der Waals surface area contributed by atoms with Gasteiger partial charge in [-0.1, -0.05) is 12.1 Å². The third kappa shape index (κ3) is 2.17. The first-order valence-electron chi connectivity index (χ1n) is 4.89. The first kappa shape index (κ1) is 11.0. The number of para-hydroxylation sites is 1. The van der Waals surface area contributed by atoms with Crippen molar-refractivity contribution in [1.29, 1.82) is 0 Å². The highest BCUT2D eigenvalue weighted by atomic mass is 35.5. The standard InChI is InChI=1S/C11H10ClNO3/c12-6-10(15)16-8-3-1-2-7-4-5-9(14)13-11(7)8/h1-3H,4-6H2,(H,13,14). The number of benzene rings is 1. The Morgan fingerprint density at radius 1 is 1.44 bits per heavy atom. The lowest BCUT2D eigenvalue weighted by atomic mass is 10.0. The highest BCUT2D eigenvalue weighted by molar-refractivity contribution is 6.26. The van der Waals surface area contributed by atoms with E-state index in [1.807, 2.05) is 6.07 Å². The van der Waals surface area contributed by atoms with Crippen molar-refractivity contribution < 1.29 is 14.3 Å². The van der Waals surface area contributed by atoms with Gasteiger partial charge in [-0.2, -0.15) is 0 Å². The largest absolute Gasteiger partial charge is 0.423 e. The van der Waals surface area contributed by atoms with Crippen LogP contribution in [0.15, 0.2) is 18.2 Å². The summed E-state index contributed by atoms with van der Waals surface area (Å²) in [6, 6.07) is 5.31. The van der Waals surface area contributed by atoms with Crippen molar-refractivity contribution in [3.05, 3.63) is 23.8 Å². The molecule has 0 unspecified atom stereocenters. The van der Waals surface area contributed by atoms with Crippen LogP contribution in [0.3, 0.4) is 0 Å². The molecule has 1 heterocycles. The average Bonchev–Trinajstić information content (AvgIpc) is 2.29. The van der Waals surface area contributed by atoms with Crippen LogP contribution in [0.2, 0.25) is 0 Å². The van der Waals surface area contributed by atoms with Crippen LogP contribution in [0, 0.1) is 0 Å².